The molecule has 144 valence electrons. The highest BCUT2D eigenvalue weighted by Gasteiger charge is 2.23. The third kappa shape index (κ3) is 3.85. The van der Waals surface area contributed by atoms with E-state index in [2.05, 4.69) is 4.98 Å². The maximum Gasteiger partial charge on any atom is 0.332 e. The van der Waals surface area contributed by atoms with E-state index in [1.165, 1.54) is 23.2 Å². The molecule has 9 heteroatoms. The number of amides is 1. The number of rotatable bonds is 6. The van der Waals surface area contributed by atoms with Gasteiger partial charge >= 0.3 is 5.69 Å². The highest BCUT2D eigenvalue weighted by atomic mass is 35.5. The predicted octanol–water partition coefficient (Wildman–Crippen LogP) is 1.23. The number of imidazole rings is 1. The second-order valence-electron chi connectivity index (χ2n) is 7.43. The Balaban J connectivity index is 2.50. The summed E-state index contributed by atoms with van der Waals surface area (Å²) in [7, 11) is 2.91. The summed E-state index contributed by atoms with van der Waals surface area (Å²) in [6, 6.07) is 0. The van der Waals surface area contributed by atoms with E-state index in [0.717, 1.165) is 4.57 Å². The Bertz CT molecular complexity index is 928. The molecule has 2 aromatic rings. The molecule has 0 saturated heterocycles. The van der Waals surface area contributed by atoms with Crippen molar-refractivity contribution in [3.8, 4) is 0 Å². The first-order valence-electron chi connectivity index (χ1n) is 8.64. The lowest BCUT2D eigenvalue weighted by molar-refractivity contribution is -0.132. The molecule has 0 radical (unpaired) electrons. The molecule has 2 heterocycles. The summed E-state index contributed by atoms with van der Waals surface area (Å²) in [5.41, 5.74) is -0.678. The molecular formula is C17H26ClN5O3. The average Bonchev–Trinajstić information content (AvgIpc) is 2.86. The number of halogens is 1. The first kappa shape index (κ1) is 20.2. The Labute approximate surface area is 157 Å². The van der Waals surface area contributed by atoms with Crippen LogP contribution < -0.4 is 11.2 Å². The van der Waals surface area contributed by atoms with Crippen LogP contribution in [0.3, 0.4) is 0 Å². The summed E-state index contributed by atoms with van der Waals surface area (Å²) in [4.78, 5) is 43.4. The van der Waals surface area contributed by atoms with Gasteiger partial charge in [0.2, 0.25) is 11.2 Å². The lowest BCUT2D eigenvalue weighted by Crippen LogP contribution is -2.40. The van der Waals surface area contributed by atoms with Crippen LogP contribution in [-0.2, 0) is 25.4 Å². The molecule has 0 saturated carbocycles. The van der Waals surface area contributed by atoms with Gasteiger partial charge in [-0.05, 0) is 23.4 Å². The molecule has 26 heavy (non-hydrogen) atoms. The van der Waals surface area contributed by atoms with E-state index in [1.54, 1.807) is 4.90 Å². The quantitative estimate of drug-likeness (QED) is 0.702. The van der Waals surface area contributed by atoms with Gasteiger partial charge in [-0.3, -0.25) is 23.3 Å². The topological polar surface area (TPSA) is 82.1 Å². The van der Waals surface area contributed by atoms with Crippen LogP contribution in [0.15, 0.2) is 9.59 Å². The van der Waals surface area contributed by atoms with Gasteiger partial charge in [-0.25, -0.2) is 4.79 Å². The zero-order valence-corrected chi connectivity index (χ0v) is 16.9. The second-order valence-corrected chi connectivity index (χ2v) is 7.77. The maximum absolute atomic E-state index is 12.9. The van der Waals surface area contributed by atoms with Gasteiger partial charge in [-0.1, -0.05) is 27.7 Å². The van der Waals surface area contributed by atoms with E-state index < -0.39 is 11.2 Å². The van der Waals surface area contributed by atoms with E-state index >= 15 is 0 Å². The molecule has 0 aliphatic rings. The molecule has 2 aromatic heterocycles. The van der Waals surface area contributed by atoms with Crippen LogP contribution in [0, 0.1) is 11.8 Å². The summed E-state index contributed by atoms with van der Waals surface area (Å²) in [6.07, 6.45) is 0. The third-order valence-electron chi connectivity index (χ3n) is 4.12. The molecule has 0 fully saturated rings. The molecule has 0 unspecified atom stereocenters. The van der Waals surface area contributed by atoms with Crippen molar-refractivity contribution in [1.29, 1.82) is 0 Å². The molecule has 0 spiro atoms. The number of aromatic nitrogens is 4. The van der Waals surface area contributed by atoms with Gasteiger partial charge in [0, 0.05) is 27.2 Å². The van der Waals surface area contributed by atoms with E-state index in [0.29, 0.717) is 24.9 Å². The van der Waals surface area contributed by atoms with Crippen LogP contribution in [-0.4, -0.2) is 42.6 Å². The van der Waals surface area contributed by atoms with Crippen LogP contribution >= 0.6 is 11.6 Å². The standard InChI is InChI=1S/C17H26ClN5O3/c1-10(2)7-22(8-11(3)4)12(24)9-23-13-14(19-16(23)18)20(5)17(26)21(6)15(13)25/h10-11H,7-9H2,1-6H3. The summed E-state index contributed by atoms with van der Waals surface area (Å²) < 4.78 is 3.62. The van der Waals surface area contributed by atoms with Gasteiger partial charge < -0.3 is 4.90 Å². The lowest BCUT2D eigenvalue weighted by atomic mass is 10.1. The molecule has 0 aliphatic carbocycles. The number of hydrogen-bond donors (Lipinski definition) is 0. The minimum Gasteiger partial charge on any atom is -0.341 e. The van der Waals surface area contributed by atoms with Crippen LogP contribution in [0.2, 0.25) is 5.28 Å². The lowest BCUT2D eigenvalue weighted by Gasteiger charge is -2.26. The van der Waals surface area contributed by atoms with Gasteiger partial charge in [-0.15, -0.1) is 0 Å². The van der Waals surface area contributed by atoms with Crippen molar-refractivity contribution in [3.05, 3.63) is 26.1 Å². The van der Waals surface area contributed by atoms with Crippen molar-refractivity contribution < 1.29 is 4.79 Å². The Kier molecular flexibility index (Phi) is 5.95. The maximum atomic E-state index is 12.9. The van der Waals surface area contributed by atoms with Crippen molar-refractivity contribution in [1.82, 2.24) is 23.6 Å². The highest BCUT2D eigenvalue weighted by Crippen LogP contribution is 2.16. The zero-order chi connectivity index (χ0) is 19.8. The minimum absolute atomic E-state index is 0.0145. The number of carbonyl (C=O) groups excluding carboxylic acids is 1. The summed E-state index contributed by atoms with van der Waals surface area (Å²) in [5, 5.41) is 0.0145. The van der Waals surface area contributed by atoms with Crippen LogP contribution in [0.25, 0.3) is 11.2 Å². The van der Waals surface area contributed by atoms with E-state index in [9.17, 15) is 14.4 Å². The summed E-state index contributed by atoms with van der Waals surface area (Å²) >= 11 is 6.19. The molecule has 8 nitrogen and oxygen atoms in total. The third-order valence-corrected chi connectivity index (χ3v) is 4.41. The molecule has 2 rings (SSSR count). The van der Waals surface area contributed by atoms with Crippen molar-refractivity contribution in [3.63, 3.8) is 0 Å². The summed E-state index contributed by atoms with van der Waals surface area (Å²) in [6.45, 7) is 9.34. The first-order chi connectivity index (χ1) is 12.0. The number of fused-ring (bicyclic) bond motifs is 1. The fourth-order valence-corrected chi connectivity index (χ4v) is 3.18. The molecule has 0 N–H and O–H groups in total. The molecular weight excluding hydrogens is 358 g/mol. The van der Waals surface area contributed by atoms with Crippen LogP contribution in [0.5, 0.6) is 0 Å². The Morgan fingerprint density at radius 2 is 1.62 bits per heavy atom. The highest BCUT2D eigenvalue weighted by molar-refractivity contribution is 6.29. The molecule has 0 atom stereocenters. The van der Waals surface area contributed by atoms with Gasteiger partial charge in [0.1, 0.15) is 6.54 Å². The molecule has 1 amide bonds. The van der Waals surface area contributed by atoms with Crippen molar-refractivity contribution in [2.45, 2.75) is 34.2 Å². The first-order valence-corrected chi connectivity index (χ1v) is 9.01. The molecule has 0 bridgehead atoms. The molecule has 0 aliphatic heterocycles. The van der Waals surface area contributed by atoms with Gasteiger partial charge in [0.25, 0.3) is 5.56 Å². The minimum atomic E-state index is -0.519. The Hall–Kier alpha value is -2.09. The number of nitrogens with zero attached hydrogens (tertiary/aromatic N) is 5. The van der Waals surface area contributed by atoms with Crippen LogP contribution in [0.1, 0.15) is 27.7 Å². The zero-order valence-electron chi connectivity index (χ0n) is 16.1. The summed E-state index contributed by atoms with van der Waals surface area (Å²) in [5.74, 6) is 0.507. The normalized spacial score (nSPS) is 11.7. The number of hydrogen-bond acceptors (Lipinski definition) is 4. The monoisotopic (exact) mass is 383 g/mol. The van der Waals surface area contributed by atoms with Crippen molar-refractivity contribution >= 4 is 28.7 Å². The van der Waals surface area contributed by atoms with E-state index in [1.807, 2.05) is 27.7 Å². The van der Waals surface area contributed by atoms with E-state index in [4.69, 9.17) is 11.6 Å². The largest absolute Gasteiger partial charge is 0.341 e. The van der Waals surface area contributed by atoms with Crippen molar-refractivity contribution in [2.75, 3.05) is 13.1 Å². The van der Waals surface area contributed by atoms with Crippen LogP contribution in [0.4, 0.5) is 0 Å². The fourth-order valence-electron chi connectivity index (χ4n) is 2.96. The molecule has 0 aromatic carbocycles. The average molecular weight is 384 g/mol. The SMILES string of the molecule is CC(C)CN(CC(C)C)C(=O)Cn1c(Cl)nc2c1c(=O)n(C)c(=O)n2C. The van der Waals surface area contributed by atoms with E-state index in [-0.39, 0.29) is 28.9 Å². The van der Waals surface area contributed by atoms with Crippen molar-refractivity contribution in [2.24, 2.45) is 25.9 Å². The number of aryl methyl sites for hydroxylation is 1. The Morgan fingerprint density at radius 1 is 1.08 bits per heavy atom. The van der Waals surface area contributed by atoms with Gasteiger partial charge in [0.15, 0.2) is 11.2 Å². The number of carbonyl (C=O) groups is 1. The van der Waals surface area contributed by atoms with Gasteiger partial charge in [0.05, 0.1) is 0 Å². The second kappa shape index (κ2) is 7.65. The fraction of sp³-hybridized carbons (Fsp3) is 0.647. The predicted molar refractivity (Wildman–Crippen MR) is 101 cm³/mol. The Morgan fingerprint density at radius 3 is 2.12 bits per heavy atom. The van der Waals surface area contributed by atoms with Gasteiger partial charge in [-0.2, -0.15) is 4.98 Å². The smallest absolute Gasteiger partial charge is 0.332 e.